The molecule has 0 aromatic heterocycles. The lowest BCUT2D eigenvalue weighted by molar-refractivity contribution is -0.138. The summed E-state index contributed by atoms with van der Waals surface area (Å²) in [5.74, 6) is 3.53. The van der Waals surface area contributed by atoms with Crippen molar-refractivity contribution in [3.8, 4) is 0 Å². The number of carbonyl (C=O) groups excluding carboxylic acids is 1. The number of rotatable bonds is 2. The molecular weight excluding hydrogens is 240 g/mol. The number of carbonyl (C=O) groups is 1. The van der Waals surface area contributed by atoms with E-state index in [4.69, 9.17) is 4.74 Å². The molecule has 5 fully saturated rings. The minimum Gasteiger partial charge on any atom is -0.366 e. The second-order valence-corrected chi connectivity index (χ2v) is 7.03. The summed E-state index contributed by atoms with van der Waals surface area (Å²) < 4.78 is 5.56. The van der Waals surface area contributed by atoms with Gasteiger partial charge in [0.05, 0.1) is 6.61 Å². The van der Waals surface area contributed by atoms with E-state index in [1.807, 2.05) is 0 Å². The van der Waals surface area contributed by atoms with E-state index in [1.165, 1.54) is 32.1 Å². The SMILES string of the molecule is O=C(NC1C2CC3CC(C2)CC1C3)C1CNCCO1. The summed E-state index contributed by atoms with van der Waals surface area (Å²) in [5, 5.41) is 6.56. The van der Waals surface area contributed by atoms with E-state index < -0.39 is 0 Å². The van der Waals surface area contributed by atoms with E-state index in [0.717, 1.165) is 30.2 Å². The molecule has 1 unspecified atom stereocenters. The number of morpholine rings is 1. The zero-order valence-corrected chi connectivity index (χ0v) is 11.4. The van der Waals surface area contributed by atoms with Crippen molar-refractivity contribution in [3.63, 3.8) is 0 Å². The van der Waals surface area contributed by atoms with Crippen molar-refractivity contribution in [1.82, 2.24) is 10.6 Å². The summed E-state index contributed by atoms with van der Waals surface area (Å²) in [4.78, 5) is 12.3. The molecule has 1 aliphatic heterocycles. The molecule has 4 bridgehead atoms. The van der Waals surface area contributed by atoms with Gasteiger partial charge < -0.3 is 15.4 Å². The van der Waals surface area contributed by atoms with Gasteiger partial charge in [0.1, 0.15) is 6.10 Å². The van der Waals surface area contributed by atoms with Crippen molar-refractivity contribution in [2.45, 2.75) is 44.2 Å². The molecule has 5 rings (SSSR count). The molecule has 0 aromatic rings. The highest BCUT2D eigenvalue weighted by atomic mass is 16.5. The van der Waals surface area contributed by atoms with Gasteiger partial charge in [0, 0.05) is 19.1 Å². The lowest BCUT2D eigenvalue weighted by Crippen LogP contribution is -2.59. The molecule has 19 heavy (non-hydrogen) atoms. The molecule has 4 heteroatoms. The maximum atomic E-state index is 12.3. The standard InChI is InChI=1S/C15H24N2O2/c18-15(13-8-16-1-2-19-13)17-14-11-4-9-3-10(6-11)7-12(14)5-9/h9-14,16H,1-8H2,(H,17,18). The maximum absolute atomic E-state index is 12.3. The number of nitrogens with one attached hydrogen (secondary N) is 2. The van der Waals surface area contributed by atoms with Gasteiger partial charge >= 0.3 is 0 Å². The van der Waals surface area contributed by atoms with Crippen LogP contribution in [0.1, 0.15) is 32.1 Å². The summed E-state index contributed by atoms with van der Waals surface area (Å²) in [6, 6.07) is 0.436. The third kappa shape index (κ3) is 2.19. The topological polar surface area (TPSA) is 50.4 Å². The minimum atomic E-state index is -0.272. The van der Waals surface area contributed by atoms with E-state index in [2.05, 4.69) is 10.6 Å². The van der Waals surface area contributed by atoms with Crippen molar-refractivity contribution >= 4 is 5.91 Å². The van der Waals surface area contributed by atoms with Crippen LogP contribution in [0.5, 0.6) is 0 Å². The lowest BCUT2D eigenvalue weighted by Gasteiger charge is -2.54. The van der Waals surface area contributed by atoms with Gasteiger partial charge in [-0.25, -0.2) is 0 Å². The Bertz CT molecular complexity index is 337. The quantitative estimate of drug-likeness (QED) is 0.779. The molecule has 4 saturated carbocycles. The van der Waals surface area contributed by atoms with Gasteiger partial charge in [-0.2, -0.15) is 0 Å². The van der Waals surface area contributed by atoms with E-state index in [1.54, 1.807) is 0 Å². The van der Waals surface area contributed by atoms with Gasteiger partial charge in [0.25, 0.3) is 5.91 Å². The highest BCUT2D eigenvalue weighted by Gasteiger charge is 2.48. The van der Waals surface area contributed by atoms with Gasteiger partial charge in [0.15, 0.2) is 0 Å². The molecule has 0 radical (unpaired) electrons. The fourth-order valence-corrected chi connectivity index (χ4v) is 5.15. The van der Waals surface area contributed by atoms with Crippen LogP contribution in [0, 0.1) is 23.7 Å². The maximum Gasteiger partial charge on any atom is 0.250 e. The molecule has 5 aliphatic rings. The predicted octanol–water partition coefficient (Wildman–Crippen LogP) is 0.916. The van der Waals surface area contributed by atoms with E-state index in [0.29, 0.717) is 19.2 Å². The Hall–Kier alpha value is -0.610. The molecule has 1 heterocycles. The van der Waals surface area contributed by atoms with Gasteiger partial charge in [-0.1, -0.05) is 0 Å². The van der Waals surface area contributed by atoms with Crippen molar-refractivity contribution < 1.29 is 9.53 Å². The van der Waals surface area contributed by atoms with Crippen molar-refractivity contribution in [3.05, 3.63) is 0 Å². The molecule has 2 N–H and O–H groups in total. The summed E-state index contributed by atoms with van der Waals surface area (Å²) in [7, 11) is 0. The van der Waals surface area contributed by atoms with Crippen LogP contribution in [0.3, 0.4) is 0 Å². The minimum absolute atomic E-state index is 0.115. The summed E-state index contributed by atoms with van der Waals surface area (Å²) in [6.07, 6.45) is 6.59. The first kappa shape index (κ1) is 12.2. The van der Waals surface area contributed by atoms with Crippen LogP contribution in [0.4, 0.5) is 0 Å². The Morgan fingerprint density at radius 2 is 1.74 bits per heavy atom. The van der Waals surface area contributed by atoms with Crippen LogP contribution in [-0.4, -0.2) is 37.7 Å². The average molecular weight is 264 g/mol. The number of amides is 1. The zero-order valence-electron chi connectivity index (χ0n) is 11.4. The molecule has 4 nitrogen and oxygen atoms in total. The molecule has 1 saturated heterocycles. The second-order valence-electron chi connectivity index (χ2n) is 7.03. The van der Waals surface area contributed by atoms with Gasteiger partial charge in [-0.3, -0.25) is 4.79 Å². The van der Waals surface area contributed by atoms with Crippen LogP contribution in [0.25, 0.3) is 0 Å². The molecule has 106 valence electrons. The number of hydrogen-bond donors (Lipinski definition) is 2. The van der Waals surface area contributed by atoms with E-state index >= 15 is 0 Å². The smallest absolute Gasteiger partial charge is 0.250 e. The first-order valence-electron chi connectivity index (χ1n) is 7.92. The largest absolute Gasteiger partial charge is 0.366 e. The fourth-order valence-electron chi connectivity index (χ4n) is 5.15. The van der Waals surface area contributed by atoms with Crippen molar-refractivity contribution in [2.75, 3.05) is 19.7 Å². The molecular formula is C15H24N2O2. The van der Waals surface area contributed by atoms with Gasteiger partial charge in [-0.15, -0.1) is 0 Å². The van der Waals surface area contributed by atoms with Crippen molar-refractivity contribution in [2.24, 2.45) is 23.7 Å². The molecule has 1 atom stereocenters. The first-order valence-corrected chi connectivity index (χ1v) is 7.92. The number of ether oxygens (including phenoxy) is 1. The molecule has 4 aliphatic carbocycles. The van der Waals surface area contributed by atoms with Gasteiger partial charge in [-0.05, 0) is 55.8 Å². The van der Waals surface area contributed by atoms with Crippen LogP contribution in [0.15, 0.2) is 0 Å². The monoisotopic (exact) mass is 264 g/mol. The predicted molar refractivity (Wildman–Crippen MR) is 71.6 cm³/mol. The molecule has 1 amide bonds. The van der Waals surface area contributed by atoms with E-state index in [9.17, 15) is 4.79 Å². The highest BCUT2D eigenvalue weighted by molar-refractivity contribution is 5.81. The number of hydrogen-bond acceptors (Lipinski definition) is 3. The first-order chi connectivity index (χ1) is 9.29. The van der Waals surface area contributed by atoms with Crippen LogP contribution in [-0.2, 0) is 9.53 Å². The Morgan fingerprint density at radius 3 is 2.32 bits per heavy atom. The Kier molecular flexibility index (Phi) is 3.03. The van der Waals surface area contributed by atoms with Crippen LogP contribution in [0.2, 0.25) is 0 Å². The van der Waals surface area contributed by atoms with Crippen molar-refractivity contribution in [1.29, 1.82) is 0 Å². The third-order valence-electron chi connectivity index (χ3n) is 5.76. The lowest BCUT2D eigenvalue weighted by atomic mass is 9.54. The van der Waals surface area contributed by atoms with Crippen LogP contribution < -0.4 is 10.6 Å². The Balaban J connectivity index is 1.41. The molecule has 0 aromatic carbocycles. The highest BCUT2D eigenvalue weighted by Crippen LogP contribution is 2.53. The Labute approximate surface area is 114 Å². The second kappa shape index (κ2) is 4.74. The van der Waals surface area contributed by atoms with Crippen LogP contribution >= 0.6 is 0 Å². The summed E-state index contributed by atoms with van der Waals surface area (Å²) in [6.45, 7) is 2.18. The fraction of sp³-hybridized carbons (Fsp3) is 0.933. The normalized spacial score (nSPS) is 48.2. The summed E-state index contributed by atoms with van der Waals surface area (Å²) in [5.41, 5.74) is 0. The molecule has 0 spiro atoms. The average Bonchev–Trinajstić information content (AvgIpc) is 2.43. The zero-order chi connectivity index (χ0) is 12.8. The third-order valence-corrected chi connectivity index (χ3v) is 5.76. The summed E-state index contributed by atoms with van der Waals surface area (Å²) >= 11 is 0. The van der Waals surface area contributed by atoms with Gasteiger partial charge in [0.2, 0.25) is 0 Å². The Morgan fingerprint density at radius 1 is 1.05 bits per heavy atom. The van der Waals surface area contributed by atoms with E-state index in [-0.39, 0.29) is 12.0 Å².